The Morgan fingerprint density at radius 1 is 1.05 bits per heavy atom. The van der Waals surface area contributed by atoms with Crippen molar-refractivity contribution in [1.29, 1.82) is 0 Å². The topological polar surface area (TPSA) is 26.3 Å². The van der Waals surface area contributed by atoms with Gasteiger partial charge in [0.1, 0.15) is 6.10 Å². The van der Waals surface area contributed by atoms with Gasteiger partial charge < -0.3 is 4.43 Å². The van der Waals surface area contributed by atoms with Gasteiger partial charge >= 0.3 is 0 Å². The lowest BCUT2D eigenvalue weighted by atomic mass is 9.85. The summed E-state index contributed by atoms with van der Waals surface area (Å²) in [7, 11) is -1.95. The largest absolute Gasteiger partial charge is 0.406 e. The lowest BCUT2D eigenvalue weighted by molar-refractivity contribution is -0.131. The summed E-state index contributed by atoms with van der Waals surface area (Å²) in [5.74, 6) is 1.17. The Hall–Kier alpha value is -0.413. The van der Waals surface area contributed by atoms with Gasteiger partial charge in [0.2, 0.25) is 8.32 Å². The van der Waals surface area contributed by atoms with Crippen LogP contribution in [0.2, 0.25) is 16.6 Å². The van der Waals surface area contributed by atoms with Crippen molar-refractivity contribution in [2.45, 2.75) is 77.1 Å². The highest BCUT2D eigenvalue weighted by Gasteiger charge is 2.50. The molecule has 3 heteroatoms. The van der Waals surface area contributed by atoms with Crippen LogP contribution in [0.15, 0.2) is 12.2 Å². The summed E-state index contributed by atoms with van der Waals surface area (Å²) in [6, 6.07) is 0. The molecule has 2 bridgehead atoms. The van der Waals surface area contributed by atoms with Crippen LogP contribution in [0.3, 0.4) is 0 Å². The zero-order valence-electron chi connectivity index (χ0n) is 13.8. The first-order chi connectivity index (χ1) is 9.29. The van der Waals surface area contributed by atoms with Gasteiger partial charge in [-0.1, -0.05) is 53.7 Å². The van der Waals surface area contributed by atoms with Crippen LogP contribution in [0.25, 0.3) is 0 Å². The van der Waals surface area contributed by atoms with Gasteiger partial charge in [-0.3, -0.25) is 4.79 Å². The molecule has 0 amide bonds. The second-order valence-electron chi connectivity index (χ2n) is 7.57. The first-order valence-corrected chi connectivity index (χ1v) is 10.3. The number of Topliss-reactive ketones (excluding diaryl/α,β-unsaturated/α-hetero) is 1. The van der Waals surface area contributed by atoms with Gasteiger partial charge in [0, 0.05) is 12.3 Å². The molecule has 2 aliphatic rings. The van der Waals surface area contributed by atoms with Crippen molar-refractivity contribution < 1.29 is 9.22 Å². The number of carbonyl (C=O) groups is 1. The minimum Gasteiger partial charge on any atom is -0.406 e. The third-order valence-corrected chi connectivity index (χ3v) is 11.5. The molecule has 0 aromatic rings. The standard InChI is InChI=1S/C17H30O2Si/c1-11(2)20(12(3)4,13(5)6)19-17-15-8-7-14(9-15)10-16(17)18/h7-8,11-15,17H,9-10H2,1-6H3/t14-,15+,17-/m0/s1. The highest BCUT2D eigenvalue weighted by atomic mass is 28.4. The third kappa shape index (κ3) is 2.55. The lowest BCUT2D eigenvalue weighted by Crippen LogP contribution is -2.53. The van der Waals surface area contributed by atoms with Gasteiger partial charge in [-0.25, -0.2) is 0 Å². The van der Waals surface area contributed by atoms with E-state index >= 15 is 0 Å². The molecule has 2 rings (SSSR count). The maximum Gasteiger partial charge on any atom is 0.201 e. The Bertz CT molecular complexity index is 376. The molecule has 0 heterocycles. The van der Waals surface area contributed by atoms with Crippen LogP contribution < -0.4 is 0 Å². The number of allylic oxidation sites excluding steroid dienone is 1. The zero-order chi connectivity index (χ0) is 15.1. The molecule has 3 atom stereocenters. The van der Waals surface area contributed by atoms with Gasteiger partial charge in [-0.2, -0.15) is 0 Å². The zero-order valence-corrected chi connectivity index (χ0v) is 14.8. The smallest absolute Gasteiger partial charge is 0.201 e. The van der Waals surface area contributed by atoms with Crippen LogP contribution in [-0.2, 0) is 9.22 Å². The van der Waals surface area contributed by atoms with Crippen molar-refractivity contribution in [1.82, 2.24) is 0 Å². The fraction of sp³-hybridized carbons (Fsp3) is 0.824. The molecule has 0 radical (unpaired) electrons. The molecule has 0 N–H and O–H groups in total. The predicted molar refractivity (Wildman–Crippen MR) is 86.3 cm³/mol. The van der Waals surface area contributed by atoms with Crippen molar-refractivity contribution >= 4 is 14.1 Å². The number of ketones is 1. The quantitative estimate of drug-likeness (QED) is 0.542. The maximum atomic E-state index is 12.5. The van der Waals surface area contributed by atoms with E-state index in [9.17, 15) is 4.79 Å². The van der Waals surface area contributed by atoms with Crippen LogP contribution in [0.1, 0.15) is 54.4 Å². The molecule has 0 saturated heterocycles. The highest BCUT2D eigenvalue weighted by molar-refractivity contribution is 6.77. The van der Waals surface area contributed by atoms with Crippen molar-refractivity contribution in [3.63, 3.8) is 0 Å². The van der Waals surface area contributed by atoms with Crippen LogP contribution in [0.4, 0.5) is 0 Å². The van der Waals surface area contributed by atoms with Crippen molar-refractivity contribution in [3.05, 3.63) is 12.2 Å². The minimum atomic E-state index is -1.95. The Labute approximate surface area is 125 Å². The monoisotopic (exact) mass is 294 g/mol. The second kappa shape index (κ2) is 5.76. The molecule has 114 valence electrons. The van der Waals surface area contributed by atoms with E-state index in [1.165, 1.54) is 0 Å². The molecule has 2 aliphatic carbocycles. The summed E-state index contributed by atoms with van der Waals surface area (Å²) in [5, 5.41) is 0. The van der Waals surface area contributed by atoms with Gasteiger partial charge in [0.05, 0.1) is 0 Å². The Kier molecular flexibility index (Phi) is 4.60. The van der Waals surface area contributed by atoms with Crippen molar-refractivity contribution in [3.8, 4) is 0 Å². The van der Waals surface area contributed by atoms with E-state index in [1.807, 2.05) is 0 Å². The van der Waals surface area contributed by atoms with Gasteiger partial charge in [-0.15, -0.1) is 0 Å². The lowest BCUT2D eigenvalue weighted by Gasteiger charge is -2.46. The van der Waals surface area contributed by atoms with E-state index in [2.05, 4.69) is 53.7 Å². The molecular formula is C17H30O2Si. The highest BCUT2D eigenvalue weighted by Crippen LogP contribution is 2.46. The number of hydrogen-bond acceptors (Lipinski definition) is 2. The fourth-order valence-corrected chi connectivity index (χ4v) is 10.1. The number of carbonyl (C=O) groups excluding carboxylic acids is 1. The van der Waals surface area contributed by atoms with E-state index in [4.69, 9.17) is 4.43 Å². The Balaban J connectivity index is 2.27. The molecular weight excluding hydrogens is 264 g/mol. The molecule has 0 spiro atoms. The summed E-state index contributed by atoms with van der Waals surface area (Å²) in [4.78, 5) is 12.5. The summed E-state index contributed by atoms with van der Waals surface area (Å²) in [6.07, 6.45) is 6.12. The molecule has 20 heavy (non-hydrogen) atoms. The van der Waals surface area contributed by atoms with E-state index in [-0.39, 0.29) is 6.10 Å². The minimum absolute atomic E-state index is 0.163. The van der Waals surface area contributed by atoms with Gasteiger partial charge in [0.15, 0.2) is 5.78 Å². The first kappa shape index (κ1) is 16.0. The van der Waals surface area contributed by atoms with Gasteiger partial charge in [-0.05, 0) is 29.0 Å². The van der Waals surface area contributed by atoms with Crippen LogP contribution in [0.5, 0.6) is 0 Å². The summed E-state index contributed by atoms with van der Waals surface area (Å²) >= 11 is 0. The van der Waals surface area contributed by atoms with E-state index in [0.717, 1.165) is 6.42 Å². The fourth-order valence-electron chi connectivity index (χ4n) is 4.58. The third-order valence-electron chi connectivity index (χ3n) is 5.41. The molecule has 2 nitrogen and oxygen atoms in total. The predicted octanol–water partition coefficient (Wildman–Crippen LogP) is 4.71. The number of rotatable bonds is 5. The number of fused-ring (bicyclic) bond motifs is 2. The Morgan fingerprint density at radius 2 is 1.60 bits per heavy atom. The average molecular weight is 295 g/mol. The molecule has 0 aromatic carbocycles. The molecule has 1 saturated carbocycles. The average Bonchev–Trinajstić information content (AvgIpc) is 2.71. The maximum absolute atomic E-state index is 12.5. The molecule has 0 aliphatic heterocycles. The molecule has 0 unspecified atom stereocenters. The van der Waals surface area contributed by atoms with Crippen LogP contribution >= 0.6 is 0 Å². The molecule has 1 fully saturated rings. The second-order valence-corrected chi connectivity index (χ2v) is 13.0. The van der Waals surface area contributed by atoms with Crippen LogP contribution in [0, 0.1) is 11.8 Å². The van der Waals surface area contributed by atoms with E-state index in [1.54, 1.807) is 0 Å². The van der Waals surface area contributed by atoms with Gasteiger partial charge in [0.25, 0.3) is 0 Å². The summed E-state index contributed by atoms with van der Waals surface area (Å²) < 4.78 is 6.74. The van der Waals surface area contributed by atoms with Crippen molar-refractivity contribution in [2.75, 3.05) is 0 Å². The first-order valence-electron chi connectivity index (χ1n) is 8.17. The SMILES string of the molecule is CC(C)[Si](O[C@@H]1C(=O)C[C@H]2C=C[C@@H]1C2)(C(C)C)C(C)C. The summed E-state index contributed by atoms with van der Waals surface area (Å²) in [5.41, 5.74) is 1.62. The number of hydrogen-bond donors (Lipinski definition) is 0. The normalized spacial score (nSPS) is 30.1. The van der Waals surface area contributed by atoms with E-state index in [0.29, 0.717) is 40.7 Å². The van der Waals surface area contributed by atoms with E-state index < -0.39 is 8.32 Å². The Morgan fingerprint density at radius 3 is 2.10 bits per heavy atom. The van der Waals surface area contributed by atoms with Crippen LogP contribution in [-0.4, -0.2) is 20.2 Å². The molecule has 0 aromatic heterocycles. The summed E-state index contributed by atoms with van der Waals surface area (Å²) in [6.45, 7) is 13.7. The van der Waals surface area contributed by atoms with Crippen molar-refractivity contribution in [2.24, 2.45) is 11.8 Å².